The van der Waals surface area contributed by atoms with Crippen LogP contribution in [0.5, 0.6) is 0 Å². The Kier molecular flexibility index (Phi) is 15.8. The summed E-state index contributed by atoms with van der Waals surface area (Å²) >= 11 is 13.3. The van der Waals surface area contributed by atoms with E-state index in [2.05, 4.69) is 114 Å². The van der Waals surface area contributed by atoms with E-state index in [0.29, 0.717) is 11.3 Å². The number of benzene rings is 4. The van der Waals surface area contributed by atoms with Gasteiger partial charge in [-0.3, -0.25) is 6.08 Å². The molecule has 0 heterocycles. The zero-order valence-corrected chi connectivity index (χ0v) is 32.2. The summed E-state index contributed by atoms with van der Waals surface area (Å²) in [4.78, 5) is 0. The topological polar surface area (TPSA) is 0 Å². The van der Waals surface area contributed by atoms with Crippen LogP contribution in [0, 0.1) is 17.4 Å². The van der Waals surface area contributed by atoms with Crippen LogP contribution in [-0.2, 0) is 24.2 Å². The zero-order valence-electron chi connectivity index (χ0n) is 26.7. The summed E-state index contributed by atoms with van der Waals surface area (Å²) in [5.74, 6) is 0.573. The first-order chi connectivity index (χ1) is 21.0. The fraction of sp³-hybridized carbons (Fsp3) is 0.171. The number of halogens is 4. The largest absolute Gasteiger partial charge is 1.00 e. The molecule has 0 saturated heterocycles. The molecule has 236 valence electrons. The third-order valence-electron chi connectivity index (χ3n) is 7.59. The quantitative estimate of drug-likeness (QED) is 0.180. The van der Waals surface area contributed by atoms with Gasteiger partial charge in [0.1, 0.15) is 0 Å². The SMILES string of the molecule is C=Cc1ccc2[cH-]c3ccc(C=C)cc3c2c1.CCC1[C-]=CC(C(C)(C)C)=C1.Clc1cccc([C](=[Zr+2])c2cccc(Cl)c2)c1.[Cl-].[Cl-]. The second kappa shape index (κ2) is 18.2. The van der Waals surface area contributed by atoms with Crippen LogP contribution in [-0.4, -0.2) is 3.21 Å². The molecule has 0 radical (unpaired) electrons. The number of hydrogen-bond acceptors (Lipinski definition) is 0. The standard InChI is InChI=1S/C17H13.C13H8Cl2.C11H17.2ClH.Zr/c1-3-12-5-7-14-11-15-8-6-13(4-2)10-17(15)16(14)9-12;14-12-5-1-3-10(8-12)7-11-4-2-6-13(15)9-11;1-5-9-6-7-10(8-9)11(2,3)4;;;/h3-11H,1-2H2;1-6,8-9H;7-9H,5H2,1-4H3;2*1H;/q-1;;-1;;;+2/p-2. The number of allylic oxidation sites excluding steroid dienone is 4. The minimum Gasteiger partial charge on any atom is -1.00 e. The van der Waals surface area contributed by atoms with Crippen molar-refractivity contribution in [3.05, 3.63) is 160 Å². The van der Waals surface area contributed by atoms with Crippen LogP contribution in [0.4, 0.5) is 0 Å². The van der Waals surface area contributed by atoms with E-state index in [9.17, 15) is 0 Å². The van der Waals surface area contributed by atoms with E-state index in [-0.39, 0.29) is 24.8 Å². The average molecular weight is 764 g/mol. The van der Waals surface area contributed by atoms with Crippen LogP contribution in [0.15, 0.2) is 122 Å². The molecular weight excluding hydrogens is 725 g/mol. The Morgan fingerprint density at radius 3 is 1.63 bits per heavy atom. The van der Waals surface area contributed by atoms with Gasteiger partial charge in [0.2, 0.25) is 0 Å². The Balaban J connectivity index is 0.000000241. The van der Waals surface area contributed by atoms with E-state index in [4.69, 9.17) is 23.2 Å². The predicted octanol–water partition coefficient (Wildman–Crippen LogP) is 6.47. The fourth-order valence-electron chi connectivity index (χ4n) is 4.95. The Morgan fingerprint density at radius 2 is 1.28 bits per heavy atom. The van der Waals surface area contributed by atoms with Gasteiger partial charge in [-0.1, -0.05) is 95.0 Å². The van der Waals surface area contributed by atoms with Crippen molar-refractivity contribution in [1.82, 2.24) is 0 Å². The molecular formula is C41H38Cl4Zr-2. The molecule has 6 rings (SSSR count). The molecule has 0 amide bonds. The molecule has 46 heavy (non-hydrogen) atoms. The van der Waals surface area contributed by atoms with E-state index in [1.54, 1.807) is 0 Å². The molecule has 0 fully saturated rings. The van der Waals surface area contributed by atoms with Crippen LogP contribution in [0.25, 0.3) is 33.7 Å². The molecule has 5 heteroatoms. The predicted molar refractivity (Wildman–Crippen MR) is 192 cm³/mol. The van der Waals surface area contributed by atoms with Crippen molar-refractivity contribution in [3.63, 3.8) is 0 Å². The van der Waals surface area contributed by atoms with Crippen molar-refractivity contribution in [2.24, 2.45) is 11.3 Å². The summed E-state index contributed by atoms with van der Waals surface area (Å²) in [6.45, 7) is 16.6. The summed E-state index contributed by atoms with van der Waals surface area (Å²) in [5.41, 5.74) is 6.38. The Morgan fingerprint density at radius 1 is 0.804 bits per heavy atom. The van der Waals surface area contributed by atoms with Gasteiger partial charge in [-0.15, -0.1) is 39.7 Å². The van der Waals surface area contributed by atoms with Crippen LogP contribution < -0.4 is 24.8 Å². The van der Waals surface area contributed by atoms with Gasteiger partial charge in [-0.25, -0.2) is 6.08 Å². The molecule has 1 aliphatic carbocycles. The Bertz CT molecular complexity index is 1760. The smallest absolute Gasteiger partial charge is 1.00 e. The van der Waals surface area contributed by atoms with E-state index in [0.717, 1.165) is 32.3 Å². The van der Waals surface area contributed by atoms with Crippen molar-refractivity contribution in [2.75, 3.05) is 0 Å². The van der Waals surface area contributed by atoms with Gasteiger partial charge in [0.15, 0.2) is 0 Å². The van der Waals surface area contributed by atoms with Crippen molar-refractivity contribution in [3.8, 4) is 0 Å². The molecule has 5 aromatic carbocycles. The molecule has 0 nitrogen and oxygen atoms in total. The number of fused-ring (bicyclic) bond motifs is 3. The first kappa shape index (κ1) is 39.8. The van der Waals surface area contributed by atoms with Crippen molar-refractivity contribution >= 4 is 60.1 Å². The minimum atomic E-state index is 0. The third-order valence-corrected chi connectivity index (χ3v) is 9.48. The summed E-state index contributed by atoms with van der Waals surface area (Å²) in [5, 5.41) is 6.68. The number of rotatable bonds is 5. The van der Waals surface area contributed by atoms with Gasteiger partial charge in [0, 0.05) is 0 Å². The second-order valence-corrected chi connectivity index (χ2v) is 13.9. The zero-order chi connectivity index (χ0) is 31.9. The average Bonchev–Trinajstić information content (AvgIpc) is 3.66. The van der Waals surface area contributed by atoms with Crippen molar-refractivity contribution in [1.29, 1.82) is 0 Å². The minimum absolute atomic E-state index is 0. The van der Waals surface area contributed by atoms with E-state index in [1.807, 2.05) is 48.6 Å². The van der Waals surface area contributed by atoms with E-state index >= 15 is 0 Å². The van der Waals surface area contributed by atoms with Gasteiger partial charge < -0.3 is 24.8 Å². The molecule has 0 spiro atoms. The second-order valence-electron chi connectivity index (χ2n) is 11.8. The molecule has 0 N–H and O–H groups in total. The van der Waals surface area contributed by atoms with Gasteiger partial charge in [0.05, 0.1) is 0 Å². The molecule has 0 bridgehead atoms. The summed E-state index contributed by atoms with van der Waals surface area (Å²) in [6, 6.07) is 30.9. The van der Waals surface area contributed by atoms with Crippen LogP contribution >= 0.6 is 23.2 Å². The van der Waals surface area contributed by atoms with E-state index in [1.165, 1.54) is 61.0 Å². The molecule has 5 aromatic rings. The van der Waals surface area contributed by atoms with Gasteiger partial charge in [-0.2, -0.15) is 11.6 Å². The maximum Gasteiger partial charge on any atom is -1.00 e. The molecule has 0 saturated carbocycles. The van der Waals surface area contributed by atoms with Crippen molar-refractivity contribution in [2.45, 2.75) is 34.1 Å². The number of hydrogen-bond donors (Lipinski definition) is 0. The van der Waals surface area contributed by atoms with Gasteiger partial charge in [0.25, 0.3) is 0 Å². The normalized spacial score (nSPS) is 13.3. The third kappa shape index (κ3) is 10.6. The van der Waals surface area contributed by atoms with Crippen LogP contribution in [0.3, 0.4) is 0 Å². The first-order valence-electron chi connectivity index (χ1n) is 14.8. The van der Waals surface area contributed by atoms with Crippen LogP contribution in [0.2, 0.25) is 10.0 Å². The summed E-state index contributed by atoms with van der Waals surface area (Å²) in [7, 11) is 0. The fourth-order valence-corrected chi connectivity index (χ4v) is 6.10. The van der Waals surface area contributed by atoms with Gasteiger partial charge in [-0.05, 0) is 11.1 Å². The molecule has 1 unspecified atom stereocenters. The van der Waals surface area contributed by atoms with Crippen molar-refractivity contribution < 1.29 is 49.0 Å². The van der Waals surface area contributed by atoms with Gasteiger partial charge >= 0.3 is 120 Å². The maximum absolute atomic E-state index is 5.98. The first-order valence-corrected chi connectivity index (χ1v) is 16.8. The molecule has 1 aliphatic rings. The summed E-state index contributed by atoms with van der Waals surface area (Å²) < 4.78 is 1.26. The molecule has 0 aromatic heterocycles. The molecule has 1 atom stereocenters. The Labute approximate surface area is 312 Å². The van der Waals surface area contributed by atoms with E-state index < -0.39 is 0 Å². The molecule has 0 aliphatic heterocycles. The maximum atomic E-state index is 5.98. The Hall–Kier alpha value is -2.38. The van der Waals surface area contributed by atoms with Crippen LogP contribution in [0.1, 0.15) is 56.4 Å². The monoisotopic (exact) mass is 760 g/mol. The summed E-state index contributed by atoms with van der Waals surface area (Å²) in [6.07, 6.45) is 12.8.